The molecule has 0 bridgehead atoms. The molecule has 1 N–H and O–H groups in total. The monoisotopic (exact) mass is 349 g/mol. The number of hydrogen-bond donors (Lipinski definition) is 1. The molecule has 0 fully saturated rings. The number of benzene rings is 2. The Morgan fingerprint density at radius 1 is 1.15 bits per heavy atom. The van der Waals surface area contributed by atoms with Gasteiger partial charge in [-0.25, -0.2) is 0 Å². The van der Waals surface area contributed by atoms with Gasteiger partial charge in [-0.05, 0) is 36.9 Å². The Labute approximate surface area is 130 Å². The van der Waals surface area contributed by atoms with E-state index in [0.29, 0.717) is 5.02 Å². The topological polar surface area (TPSA) is 25.2 Å². The fraction of sp³-hybridized carbons (Fsp3) is 0.125. The molecule has 1 aromatic heterocycles. The van der Waals surface area contributed by atoms with E-state index in [1.165, 1.54) is 0 Å². The lowest BCUT2D eigenvalue weighted by Crippen LogP contribution is -2.17. The van der Waals surface area contributed by atoms with Gasteiger partial charge >= 0.3 is 0 Å². The smallest absolute Gasteiger partial charge is 0.134 e. The van der Waals surface area contributed by atoms with Crippen molar-refractivity contribution >= 4 is 38.5 Å². The van der Waals surface area contributed by atoms with Crippen LogP contribution in [0, 0.1) is 0 Å². The maximum absolute atomic E-state index is 6.00. The van der Waals surface area contributed by atoms with Crippen LogP contribution in [0.5, 0.6) is 0 Å². The molecule has 1 unspecified atom stereocenters. The van der Waals surface area contributed by atoms with Crippen LogP contribution in [0.15, 0.2) is 57.4 Å². The number of halogens is 2. The maximum Gasteiger partial charge on any atom is 0.134 e. The van der Waals surface area contributed by atoms with Gasteiger partial charge in [0.25, 0.3) is 0 Å². The summed E-state index contributed by atoms with van der Waals surface area (Å²) in [6.45, 7) is 0. The molecule has 0 amide bonds. The van der Waals surface area contributed by atoms with Crippen LogP contribution in [0.1, 0.15) is 17.4 Å². The zero-order chi connectivity index (χ0) is 14.1. The zero-order valence-corrected chi connectivity index (χ0v) is 13.2. The van der Waals surface area contributed by atoms with E-state index in [-0.39, 0.29) is 6.04 Å². The second kappa shape index (κ2) is 5.60. The average molecular weight is 351 g/mol. The molecule has 0 aliphatic rings. The van der Waals surface area contributed by atoms with Crippen molar-refractivity contribution < 1.29 is 4.42 Å². The van der Waals surface area contributed by atoms with E-state index in [4.69, 9.17) is 16.0 Å². The summed E-state index contributed by atoms with van der Waals surface area (Å²) in [6, 6.07) is 15.8. The minimum atomic E-state index is -0.0194. The summed E-state index contributed by atoms with van der Waals surface area (Å²) >= 11 is 9.56. The standard InChI is InChI=1S/C16H13BrClNO/c1-19-16(12-7-6-11(18)9-13(12)17)15-8-10-4-2-3-5-14(10)20-15/h2-9,16,19H,1H3. The Balaban J connectivity index is 2.08. The normalized spacial score (nSPS) is 12.8. The van der Waals surface area contributed by atoms with Crippen molar-refractivity contribution in [1.82, 2.24) is 5.32 Å². The second-order valence-electron chi connectivity index (χ2n) is 4.57. The summed E-state index contributed by atoms with van der Waals surface area (Å²) in [5, 5.41) is 5.10. The number of hydrogen-bond acceptors (Lipinski definition) is 2. The molecule has 1 heterocycles. The highest BCUT2D eigenvalue weighted by atomic mass is 79.9. The van der Waals surface area contributed by atoms with Gasteiger partial charge in [0.05, 0.1) is 6.04 Å². The van der Waals surface area contributed by atoms with Crippen molar-refractivity contribution in [2.24, 2.45) is 0 Å². The van der Waals surface area contributed by atoms with Crippen LogP contribution in [0.25, 0.3) is 11.0 Å². The lowest BCUT2D eigenvalue weighted by molar-refractivity contribution is 0.491. The van der Waals surface area contributed by atoms with Crippen LogP contribution in [-0.2, 0) is 0 Å². The molecule has 20 heavy (non-hydrogen) atoms. The summed E-state index contributed by atoms with van der Waals surface area (Å²) < 4.78 is 6.91. The number of furan rings is 1. The molecule has 0 aliphatic heterocycles. The third-order valence-electron chi connectivity index (χ3n) is 3.29. The lowest BCUT2D eigenvalue weighted by atomic mass is 10.0. The first-order valence-corrected chi connectivity index (χ1v) is 7.47. The molecule has 2 aromatic carbocycles. The number of para-hydroxylation sites is 1. The second-order valence-corrected chi connectivity index (χ2v) is 5.86. The Morgan fingerprint density at radius 3 is 2.65 bits per heavy atom. The third kappa shape index (κ3) is 2.49. The van der Waals surface area contributed by atoms with Crippen molar-refractivity contribution in [2.45, 2.75) is 6.04 Å². The lowest BCUT2D eigenvalue weighted by Gasteiger charge is -2.16. The van der Waals surface area contributed by atoms with Crippen LogP contribution in [0.3, 0.4) is 0 Å². The van der Waals surface area contributed by atoms with Crippen molar-refractivity contribution in [3.63, 3.8) is 0 Å². The molecule has 2 nitrogen and oxygen atoms in total. The third-order valence-corrected chi connectivity index (χ3v) is 4.21. The molecule has 0 radical (unpaired) electrons. The molecular weight excluding hydrogens is 338 g/mol. The van der Waals surface area contributed by atoms with E-state index in [9.17, 15) is 0 Å². The Bertz CT molecular complexity index is 720. The molecule has 3 aromatic rings. The van der Waals surface area contributed by atoms with Gasteiger partial charge in [0.1, 0.15) is 11.3 Å². The highest BCUT2D eigenvalue weighted by Crippen LogP contribution is 2.33. The van der Waals surface area contributed by atoms with Crippen LogP contribution in [0.4, 0.5) is 0 Å². The van der Waals surface area contributed by atoms with Gasteiger partial charge in [0, 0.05) is 14.9 Å². The van der Waals surface area contributed by atoms with Gasteiger partial charge < -0.3 is 9.73 Å². The van der Waals surface area contributed by atoms with Crippen LogP contribution in [-0.4, -0.2) is 7.05 Å². The van der Waals surface area contributed by atoms with Crippen molar-refractivity contribution in [2.75, 3.05) is 7.05 Å². The maximum atomic E-state index is 6.00. The number of nitrogens with one attached hydrogen (secondary N) is 1. The largest absolute Gasteiger partial charge is 0.459 e. The Kier molecular flexibility index (Phi) is 3.83. The summed E-state index contributed by atoms with van der Waals surface area (Å²) in [5.74, 6) is 0.886. The van der Waals surface area contributed by atoms with Gasteiger partial charge in [-0.15, -0.1) is 0 Å². The molecule has 4 heteroatoms. The van der Waals surface area contributed by atoms with E-state index >= 15 is 0 Å². The van der Waals surface area contributed by atoms with Crippen molar-refractivity contribution in [1.29, 1.82) is 0 Å². The minimum Gasteiger partial charge on any atom is -0.459 e. The van der Waals surface area contributed by atoms with E-state index in [0.717, 1.165) is 26.8 Å². The van der Waals surface area contributed by atoms with Crippen molar-refractivity contribution in [3.05, 3.63) is 69.3 Å². The molecule has 1 atom stereocenters. The van der Waals surface area contributed by atoms with E-state index in [1.54, 1.807) is 0 Å². The quantitative estimate of drug-likeness (QED) is 0.706. The van der Waals surface area contributed by atoms with Crippen LogP contribution in [0.2, 0.25) is 5.02 Å². The number of rotatable bonds is 3. The first kappa shape index (κ1) is 13.7. The van der Waals surface area contributed by atoms with E-state index < -0.39 is 0 Å². The Hall–Kier alpha value is -1.29. The average Bonchev–Trinajstić information content (AvgIpc) is 2.85. The fourth-order valence-electron chi connectivity index (χ4n) is 2.33. The Morgan fingerprint density at radius 2 is 1.95 bits per heavy atom. The van der Waals surface area contributed by atoms with Gasteiger partial charge in [0.2, 0.25) is 0 Å². The van der Waals surface area contributed by atoms with Crippen LogP contribution >= 0.6 is 27.5 Å². The van der Waals surface area contributed by atoms with Crippen LogP contribution < -0.4 is 5.32 Å². The molecule has 3 rings (SSSR count). The minimum absolute atomic E-state index is 0.0194. The van der Waals surface area contributed by atoms with Gasteiger partial charge in [-0.1, -0.05) is 51.8 Å². The first-order chi connectivity index (χ1) is 9.69. The predicted octanol–water partition coefficient (Wildman–Crippen LogP) is 5.16. The fourth-order valence-corrected chi connectivity index (χ4v) is 3.24. The first-order valence-electron chi connectivity index (χ1n) is 6.29. The number of fused-ring (bicyclic) bond motifs is 1. The molecule has 0 saturated heterocycles. The summed E-state index contributed by atoms with van der Waals surface area (Å²) in [4.78, 5) is 0. The highest BCUT2D eigenvalue weighted by Gasteiger charge is 2.19. The molecule has 0 aliphatic carbocycles. The SMILES string of the molecule is CNC(c1cc2ccccc2o1)c1ccc(Cl)cc1Br. The molecular formula is C16H13BrClNO. The summed E-state index contributed by atoms with van der Waals surface area (Å²) in [5.41, 5.74) is 1.99. The van der Waals surface area contributed by atoms with E-state index in [1.807, 2.05) is 49.5 Å². The zero-order valence-electron chi connectivity index (χ0n) is 10.9. The van der Waals surface area contributed by atoms with Crippen molar-refractivity contribution in [3.8, 4) is 0 Å². The summed E-state index contributed by atoms with van der Waals surface area (Å²) in [6.07, 6.45) is 0. The van der Waals surface area contributed by atoms with E-state index in [2.05, 4.69) is 27.3 Å². The van der Waals surface area contributed by atoms with Gasteiger partial charge in [-0.3, -0.25) is 0 Å². The predicted molar refractivity (Wildman–Crippen MR) is 86.3 cm³/mol. The molecule has 102 valence electrons. The van der Waals surface area contributed by atoms with Gasteiger partial charge in [-0.2, -0.15) is 0 Å². The summed E-state index contributed by atoms with van der Waals surface area (Å²) in [7, 11) is 1.92. The molecule has 0 saturated carbocycles. The molecule has 0 spiro atoms. The highest BCUT2D eigenvalue weighted by molar-refractivity contribution is 9.10. The van der Waals surface area contributed by atoms with Gasteiger partial charge in [0.15, 0.2) is 0 Å².